The highest BCUT2D eigenvalue weighted by Gasteiger charge is 2.46. The number of aromatic amines is 1. The van der Waals surface area contributed by atoms with Crippen molar-refractivity contribution in [2.45, 2.75) is 64.4 Å². The van der Waals surface area contributed by atoms with Crippen molar-refractivity contribution in [2.24, 2.45) is 11.8 Å². The minimum atomic E-state index is -0.957. The van der Waals surface area contributed by atoms with Crippen LogP contribution in [-0.4, -0.2) is 49.8 Å². The molecule has 23 heavy (non-hydrogen) atoms. The molecular formula is C17H28N4O2. The number of carbonyl (C=O) groups is 1. The van der Waals surface area contributed by atoms with Crippen LogP contribution in [0.3, 0.4) is 0 Å². The number of hydrogen-bond donors (Lipinski definition) is 2. The molecule has 1 saturated heterocycles. The summed E-state index contributed by atoms with van der Waals surface area (Å²) in [5, 5.41) is 17.3. The maximum absolute atomic E-state index is 12.5. The molecule has 0 unspecified atom stereocenters. The summed E-state index contributed by atoms with van der Waals surface area (Å²) < 4.78 is 0. The van der Waals surface area contributed by atoms with Gasteiger partial charge in [-0.05, 0) is 38.5 Å². The van der Waals surface area contributed by atoms with Gasteiger partial charge in [-0.25, -0.2) is 4.98 Å². The Morgan fingerprint density at radius 1 is 1.39 bits per heavy atom. The SMILES string of the molecule is CC(C)c1n[nH]c([C@H]2CN(C(=O)CC(C)(C)O)C[C@@H]2C2CC2)n1. The molecule has 2 fully saturated rings. The van der Waals surface area contributed by atoms with Gasteiger partial charge in [-0.2, -0.15) is 5.10 Å². The van der Waals surface area contributed by atoms with E-state index in [4.69, 9.17) is 0 Å². The lowest BCUT2D eigenvalue weighted by molar-refractivity contribution is -0.134. The molecule has 1 saturated carbocycles. The van der Waals surface area contributed by atoms with Crippen molar-refractivity contribution in [1.29, 1.82) is 0 Å². The topological polar surface area (TPSA) is 82.1 Å². The molecular weight excluding hydrogens is 292 g/mol. The van der Waals surface area contributed by atoms with Crippen LogP contribution < -0.4 is 0 Å². The van der Waals surface area contributed by atoms with Crippen molar-refractivity contribution in [3.63, 3.8) is 0 Å². The molecule has 1 aliphatic carbocycles. The van der Waals surface area contributed by atoms with Crippen LogP contribution in [0.5, 0.6) is 0 Å². The molecule has 0 radical (unpaired) electrons. The van der Waals surface area contributed by atoms with E-state index in [0.29, 0.717) is 24.3 Å². The van der Waals surface area contributed by atoms with Crippen LogP contribution in [0.15, 0.2) is 0 Å². The zero-order valence-corrected chi connectivity index (χ0v) is 14.5. The summed E-state index contributed by atoms with van der Waals surface area (Å²) in [6.45, 7) is 8.99. The Morgan fingerprint density at radius 3 is 2.61 bits per heavy atom. The van der Waals surface area contributed by atoms with E-state index in [1.807, 2.05) is 4.90 Å². The van der Waals surface area contributed by atoms with Gasteiger partial charge in [0.05, 0.1) is 12.0 Å². The van der Waals surface area contributed by atoms with Crippen LogP contribution in [-0.2, 0) is 4.79 Å². The number of carbonyl (C=O) groups excluding carboxylic acids is 1. The largest absolute Gasteiger partial charge is 0.390 e. The summed E-state index contributed by atoms with van der Waals surface area (Å²) in [7, 11) is 0. The summed E-state index contributed by atoms with van der Waals surface area (Å²) in [5.41, 5.74) is -0.957. The van der Waals surface area contributed by atoms with Crippen LogP contribution in [0, 0.1) is 11.8 Å². The Balaban J connectivity index is 1.75. The first-order chi connectivity index (χ1) is 10.7. The van der Waals surface area contributed by atoms with Gasteiger partial charge < -0.3 is 10.0 Å². The summed E-state index contributed by atoms with van der Waals surface area (Å²) in [4.78, 5) is 19.0. The van der Waals surface area contributed by atoms with Crippen LogP contribution in [0.25, 0.3) is 0 Å². The third kappa shape index (κ3) is 3.74. The lowest BCUT2D eigenvalue weighted by Gasteiger charge is -2.22. The molecule has 1 aliphatic heterocycles. The molecule has 2 atom stereocenters. The maximum Gasteiger partial charge on any atom is 0.225 e. The molecule has 3 rings (SSSR count). The van der Waals surface area contributed by atoms with Gasteiger partial charge in [-0.3, -0.25) is 9.89 Å². The summed E-state index contributed by atoms with van der Waals surface area (Å²) >= 11 is 0. The second-order valence-electron chi connectivity index (χ2n) is 8.13. The molecule has 2 aliphatic rings. The highest BCUT2D eigenvalue weighted by molar-refractivity contribution is 5.77. The normalized spacial score (nSPS) is 25.4. The lowest BCUT2D eigenvalue weighted by Crippen LogP contribution is -2.35. The molecule has 128 valence electrons. The first-order valence-electron chi connectivity index (χ1n) is 8.67. The van der Waals surface area contributed by atoms with Crippen molar-refractivity contribution in [3.8, 4) is 0 Å². The fourth-order valence-corrected chi connectivity index (χ4v) is 3.52. The molecule has 2 N–H and O–H groups in total. The van der Waals surface area contributed by atoms with Crippen LogP contribution in [0.4, 0.5) is 0 Å². The monoisotopic (exact) mass is 320 g/mol. The van der Waals surface area contributed by atoms with Gasteiger partial charge >= 0.3 is 0 Å². The molecule has 1 aromatic rings. The van der Waals surface area contributed by atoms with Crippen LogP contribution >= 0.6 is 0 Å². The molecule has 6 nitrogen and oxygen atoms in total. The Morgan fingerprint density at radius 2 is 2.09 bits per heavy atom. The fraction of sp³-hybridized carbons (Fsp3) is 0.824. The standard InChI is InChI=1S/C17H28N4O2/c1-10(2)15-18-16(20-19-15)13-9-21(8-12(13)11-5-6-11)14(22)7-17(3,4)23/h10-13,23H,5-9H2,1-4H3,(H,18,19,20)/t12-,13+/m1/s1. The number of aromatic nitrogens is 3. The van der Waals surface area contributed by atoms with E-state index in [0.717, 1.165) is 18.2 Å². The minimum absolute atomic E-state index is 0.0363. The molecule has 6 heteroatoms. The fourth-order valence-electron chi connectivity index (χ4n) is 3.52. The number of nitrogens with zero attached hydrogens (tertiary/aromatic N) is 3. The van der Waals surface area contributed by atoms with E-state index in [1.54, 1.807) is 13.8 Å². The van der Waals surface area contributed by atoms with Crippen molar-refractivity contribution in [2.75, 3.05) is 13.1 Å². The number of amides is 1. The maximum atomic E-state index is 12.5. The van der Waals surface area contributed by atoms with Gasteiger partial charge in [0.15, 0.2) is 5.82 Å². The van der Waals surface area contributed by atoms with Gasteiger partial charge in [0, 0.05) is 24.9 Å². The second kappa shape index (κ2) is 5.89. The lowest BCUT2D eigenvalue weighted by atomic mass is 9.91. The Kier molecular flexibility index (Phi) is 4.21. The van der Waals surface area contributed by atoms with E-state index in [-0.39, 0.29) is 18.2 Å². The number of rotatable bonds is 5. The summed E-state index contributed by atoms with van der Waals surface area (Å²) in [6, 6.07) is 0. The van der Waals surface area contributed by atoms with E-state index in [2.05, 4.69) is 29.0 Å². The van der Waals surface area contributed by atoms with E-state index < -0.39 is 5.60 Å². The number of H-pyrrole nitrogens is 1. The first kappa shape index (κ1) is 16.4. The quantitative estimate of drug-likeness (QED) is 0.870. The van der Waals surface area contributed by atoms with E-state index in [9.17, 15) is 9.90 Å². The van der Waals surface area contributed by atoms with Crippen molar-refractivity contribution in [1.82, 2.24) is 20.1 Å². The second-order valence-corrected chi connectivity index (χ2v) is 8.13. The predicted octanol–water partition coefficient (Wildman–Crippen LogP) is 2.04. The molecule has 1 amide bonds. The zero-order valence-electron chi connectivity index (χ0n) is 14.5. The summed E-state index contributed by atoms with van der Waals surface area (Å²) in [6.07, 6.45) is 2.67. The van der Waals surface area contributed by atoms with Crippen molar-refractivity contribution >= 4 is 5.91 Å². The Bertz CT molecular complexity index is 571. The highest BCUT2D eigenvalue weighted by atomic mass is 16.3. The van der Waals surface area contributed by atoms with Gasteiger partial charge in [0.1, 0.15) is 5.82 Å². The van der Waals surface area contributed by atoms with Crippen LogP contribution in [0.2, 0.25) is 0 Å². The van der Waals surface area contributed by atoms with Gasteiger partial charge in [-0.15, -0.1) is 0 Å². The summed E-state index contributed by atoms with van der Waals surface area (Å²) in [5.74, 6) is 3.51. The number of aliphatic hydroxyl groups is 1. The van der Waals surface area contributed by atoms with Crippen molar-refractivity contribution < 1.29 is 9.90 Å². The number of hydrogen-bond acceptors (Lipinski definition) is 4. The van der Waals surface area contributed by atoms with Gasteiger partial charge in [0.25, 0.3) is 0 Å². The molecule has 0 aromatic carbocycles. The first-order valence-corrected chi connectivity index (χ1v) is 8.67. The number of likely N-dealkylation sites (tertiary alicyclic amines) is 1. The average Bonchev–Trinajstić information content (AvgIpc) is 3.00. The number of nitrogens with one attached hydrogen (secondary N) is 1. The smallest absolute Gasteiger partial charge is 0.225 e. The third-order valence-corrected chi connectivity index (χ3v) is 4.92. The predicted molar refractivity (Wildman–Crippen MR) is 86.9 cm³/mol. The zero-order chi connectivity index (χ0) is 16.8. The minimum Gasteiger partial charge on any atom is -0.390 e. The molecule has 2 heterocycles. The Labute approximate surface area is 137 Å². The third-order valence-electron chi connectivity index (χ3n) is 4.92. The molecule has 0 bridgehead atoms. The highest BCUT2D eigenvalue weighted by Crippen LogP contribution is 2.47. The van der Waals surface area contributed by atoms with Crippen LogP contribution in [0.1, 0.15) is 70.4 Å². The average molecular weight is 320 g/mol. The van der Waals surface area contributed by atoms with Gasteiger partial charge in [0.2, 0.25) is 5.91 Å². The molecule has 1 aromatic heterocycles. The van der Waals surface area contributed by atoms with Crippen molar-refractivity contribution in [3.05, 3.63) is 11.6 Å². The Hall–Kier alpha value is -1.43. The van der Waals surface area contributed by atoms with Gasteiger partial charge in [-0.1, -0.05) is 13.8 Å². The molecule has 0 spiro atoms. The van der Waals surface area contributed by atoms with E-state index in [1.165, 1.54) is 12.8 Å². The van der Waals surface area contributed by atoms with E-state index >= 15 is 0 Å².